The standard InChI is InChI=1S/C13H9Cl3N2S/c14-7-2-4-11(9(5-7)13(17)19)18-12-6-8(15)1-3-10(12)16/h1-6,18H,(H2,17,19). The fraction of sp³-hybridized carbons (Fsp3) is 0. The third kappa shape index (κ3) is 3.51. The highest BCUT2D eigenvalue weighted by molar-refractivity contribution is 7.80. The third-order valence-corrected chi connectivity index (χ3v) is 3.46. The molecule has 0 saturated heterocycles. The molecule has 0 fully saturated rings. The Bertz CT molecular complexity index is 644. The topological polar surface area (TPSA) is 38.0 Å². The zero-order valence-electron chi connectivity index (χ0n) is 9.58. The second-order valence-corrected chi connectivity index (χ2v) is 5.52. The van der Waals surface area contributed by atoms with E-state index in [0.29, 0.717) is 26.3 Å². The largest absolute Gasteiger partial charge is 0.389 e. The Hall–Kier alpha value is -1.000. The van der Waals surface area contributed by atoms with E-state index in [9.17, 15) is 0 Å². The van der Waals surface area contributed by atoms with E-state index in [4.69, 9.17) is 52.8 Å². The first-order valence-corrected chi connectivity index (χ1v) is 6.83. The number of nitrogens with two attached hydrogens (primary N) is 1. The minimum absolute atomic E-state index is 0.253. The van der Waals surface area contributed by atoms with Crippen LogP contribution in [-0.4, -0.2) is 4.99 Å². The molecular formula is C13H9Cl3N2S. The second kappa shape index (κ2) is 5.97. The van der Waals surface area contributed by atoms with Gasteiger partial charge in [-0.1, -0.05) is 47.0 Å². The van der Waals surface area contributed by atoms with Crippen molar-refractivity contribution in [3.8, 4) is 0 Å². The van der Waals surface area contributed by atoms with Gasteiger partial charge >= 0.3 is 0 Å². The number of hydrogen-bond acceptors (Lipinski definition) is 2. The molecule has 98 valence electrons. The molecule has 2 rings (SSSR count). The van der Waals surface area contributed by atoms with Crippen LogP contribution in [0.3, 0.4) is 0 Å². The van der Waals surface area contributed by atoms with Crippen LogP contribution in [0.25, 0.3) is 0 Å². The fourth-order valence-electron chi connectivity index (χ4n) is 1.57. The van der Waals surface area contributed by atoms with Crippen molar-refractivity contribution in [2.45, 2.75) is 0 Å². The van der Waals surface area contributed by atoms with Crippen LogP contribution in [0, 0.1) is 0 Å². The van der Waals surface area contributed by atoms with Crippen molar-refractivity contribution in [1.29, 1.82) is 0 Å². The highest BCUT2D eigenvalue weighted by Gasteiger charge is 2.08. The van der Waals surface area contributed by atoms with Gasteiger partial charge in [-0.3, -0.25) is 0 Å². The molecule has 0 aliphatic heterocycles. The Morgan fingerprint density at radius 3 is 2.26 bits per heavy atom. The van der Waals surface area contributed by atoms with E-state index in [1.54, 1.807) is 36.4 Å². The van der Waals surface area contributed by atoms with Gasteiger partial charge in [-0.05, 0) is 36.4 Å². The average Bonchev–Trinajstić information content (AvgIpc) is 2.35. The summed E-state index contributed by atoms with van der Waals surface area (Å²) in [5, 5.41) is 4.84. The van der Waals surface area contributed by atoms with Crippen molar-refractivity contribution >= 4 is 63.4 Å². The van der Waals surface area contributed by atoms with Gasteiger partial charge in [0.15, 0.2) is 0 Å². The highest BCUT2D eigenvalue weighted by atomic mass is 35.5. The minimum atomic E-state index is 0.253. The molecule has 0 radical (unpaired) electrons. The van der Waals surface area contributed by atoms with Crippen molar-refractivity contribution in [3.63, 3.8) is 0 Å². The lowest BCUT2D eigenvalue weighted by molar-refractivity contribution is 1.52. The van der Waals surface area contributed by atoms with Crippen molar-refractivity contribution in [3.05, 3.63) is 57.0 Å². The summed E-state index contributed by atoms with van der Waals surface area (Å²) in [4.78, 5) is 0.253. The van der Waals surface area contributed by atoms with Gasteiger partial charge in [0.05, 0.1) is 10.7 Å². The van der Waals surface area contributed by atoms with E-state index in [1.807, 2.05) is 0 Å². The van der Waals surface area contributed by atoms with Gasteiger partial charge in [-0.15, -0.1) is 0 Å². The summed E-state index contributed by atoms with van der Waals surface area (Å²) in [5.41, 5.74) is 7.73. The van der Waals surface area contributed by atoms with Gasteiger partial charge in [-0.2, -0.15) is 0 Å². The molecule has 0 bridgehead atoms. The van der Waals surface area contributed by atoms with E-state index in [0.717, 1.165) is 5.69 Å². The highest BCUT2D eigenvalue weighted by Crippen LogP contribution is 2.30. The maximum Gasteiger partial charge on any atom is 0.106 e. The van der Waals surface area contributed by atoms with Crippen LogP contribution in [0.15, 0.2) is 36.4 Å². The number of thiocarbonyl (C=S) groups is 1. The van der Waals surface area contributed by atoms with Crippen molar-refractivity contribution in [2.24, 2.45) is 5.73 Å². The molecule has 0 aliphatic carbocycles. The summed E-state index contributed by atoms with van der Waals surface area (Å²) in [6.45, 7) is 0. The van der Waals surface area contributed by atoms with Crippen LogP contribution in [0.2, 0.25) is 15.1 Å². The SMILES string of the molecule is NC(=S)c1cc(Cl)ccc1Nc1cc(Cl)ccc1Cl. The Morgan fingerprint density at radius 1 is 0.947 bits per heavy atom. The van der Waals surface area contributed by atoms with Crippen LogP contribution < -0.4 is 11.1 Å². The summed E-state index contributed by atoms with van der Waals surface area (Å²) < 4.78 is 0. The van der Waals surface area contributed by atoms with Crippen LogP contribution in [0.1, 0.15) is 5.56 Å². The molecule has 6 heteroatoms. The molecule has 0 aromatic heterocycles. The smallest absolute Gasteiger partial charge is 0.106 e. The number of anilines is 2. The number of rotatable bonds is 3. The first-order chi connectivity index (χ1) is 8.97. The lowest BCUT2D eigenvalue weighted by Crippen LogP contribution is -2.12. The van der Waals surface area contributed by atoms with E-state index < -0.39 is 0 Å². The first-order valence-electron chi connectivity index (χ1n) is 5.29. The van der Waals surface area contributed by atoms with Crippen molar-refractivity contribution < 1.29 is 0 Å². The van der Waals surface area contributed by atoms with Gasteiger partial charge in [0.1, 0.15) is 4.99 Å². The Balaban J connectivity index is 2.43. The minimum Gasteiger partial charge on any atom is -0.389 e. The quantitative estimate of drug-likeness (QED) is 0.775. The molecule has 2 nitrogen and oxygen atoms in total. The molecule has 0 amide bonds. The number of benzene rings is 2. The zero-order chi connectivity index (χ0) is 14.0. The van der Waals surface area contributed by atoms with E-state index in [1.165, 1.54) is 0 Å². The molecule has 0 atom stereocenters. The molecule has 0 heterocycles. The Labute approximate surface area is 131 Å². The summed E-state index contributed by atoms with van der Waals surface area (Å²) in [6.07, 6.45) is 0. The van der Waals surface area contributed by atoms with Crippen LogP contribution in [-0.2, 0) is 0 Å². The lowest BCUT2D eigenvalue weighted by atomic mass is 10.1. The number of halogens is 3. The molecule has 2 aromatic rings. The summed E-state index contributed by atoms with van der Waals surface area (Å²) >= 11 is 23.0. The lowest BCUT2D eigenvalue weighted by Gasteiger charge is -2.13. The molecule has 0 unspecified atom stereocenters. The van der Waals surface area contributed by atoms with Gasteiger partial charge in [-0.25, -0.2) is 0 Å². The van der Waals surface area contributed by atoms with Crippen molar-refractivity contribution in [2.75, 3.05) is 5.32 Å². The molecular weight excluding hydrogens is 323 g/mol. The maximum atomic E-state index is 6.10. The average molecular weight is 332 g/mol. The molecule has 0 aliphatic rings. The van der Waals surface area contributed by atoms with E-state index >= 15 is 0 Å². The van der Waals surface area contributed by atoms with Crippen LogP contribution >= 0.6 is 47.0 Å². The molecule has 19 heavy (non-hydrogen) atoms. The molecule has 2 aromatic carbocycles. The van der Waals surface area contributed by atoms with Gasteiger partial charge in [0.2, 0.25) is 0 Å². The molecule has 3 N–H and O–H groups in total. The van der Waals surface area contributed by atoms with Crippen LogP contribution in [0.5, 0.6) is 0 Å². The number of hydrogen-bond donors (Lipinski definition) is 2. The normalized spacial score (nSPS) is 10.3. The second-order valence-electron chi connectivity index (χ2n) is 3.80. The Kier molecular flexibility index (Phi) is 4.53. The monoisotopic (exact) mass is 330 g/mol. The Morgan fingerprint density at radius 2 is 1.58 bits per heavy atom. The van der Waals surface area contributed by atoms with E-state index in [2.05, 4.69) is 5.32 Å². The summed E-state index contributed by atoms with van der Waals surface area (Å²) in [5.74, 6) is 0. The predicted octanol–water partition coefficient (Wildman–Crippen LogP) is 5.02. The maximum absolute atomic E-state index is 6.10. The van der Waals surface area contributed by atoms with E-state index in [-0.39, 0.29) is 4.99 Å². The fourth-order valence-corrected chi connectivity index (χ4v) is 2.25. The third-order valence-electron chi connectivity index (χ3n) is 2.44. The van der Waals surface area contributed by atoms with Gasteiger partial charge < -0.3 is 11.1 Å². The molecule has 0 saturated carbocycles. The van der Waals surface area contributed by atoms with Crippen molar-refractivity contribution in [1.82, 2.24) is 0 Å². The first kappa shape index (κ1) is 14.4. The predicted molar refractivity (Wildman–Crippen MR) is 87.1 cm³/mol. The summed E-state index contributed by atoms with van der Waals surface area (Å²) in [7, 11) is 0. The van der Waals surface area contributed by atoms with Crippen LogP contribution in [0.4, 0.5) is 11.4 Å². The van der Waals surface area contributed by atoms with Gasteiger partial charge in [0.25, 0.3) is 0 Å². The zero-order valence-corrected chi connectivity index (χ0v) is 12.7. The number of nitrogens with one attached hydrogen (secondary N) is 1. The summed E-state index contributed by atoms with van der Waals surface area (Å²) in [6, 6.07) is 10.4. The van der Waals surface area contributed by atoms with Gasteiger partial charge in [0, 0.05) is 21.3 Å². The molecule has 0 spiro atoms.